The van der Waals surface area contributed by atoms with E-state index in [1.165, 1.54) is 23.1 Å². The Balaban J connectivity index is 1.61. The minimum absolute atomic E-state index is 0.150. The van der Waals surface area contributed by atoms with Gasteiger partial charge in [-0.25, -0.2) is 15.0 Å². The second-order valence-corrected chi connectivity index (χ2v) is 6.59. The maximum atomic E-state index is 12.0. The van der Waals surface area contributed by atoms with Crippen molar-refractivity contribution in [2.24, 2.45) is 0 Å². The van der Waals surface area contributed by atoms with Gasteiger partial charge in [-0.1, -0.05) is 41.6 Å². The molecule has 3 rings (SSSR count). The number of rotatable bonds is 5. The second-order valence-electron chi connectivity index (χ2n) is 4.39. The number of nitrogens with one attached hydrogen (secondary N) is 1. The highest BCUT2D eigenvalue weighted by Crippen LogP contribution is 2.30. The molecule has 0 radical (unpaired) electrons. The topological polar surface area (TPSA) is 67.8 Å². The van der Waals surface area contributed by atoms with Crippen LogP contribution in [0.2, 0.25) is 5.02 Å². The van der Waals surface area contributed by atoms with Gasteiger partial charge in [0.25, 0.3) is 0 Å². The van der Waals surface area contributed by atoms with Crippen molar-refractivity contribution in [1.82, 2.24) is 15.0 Å². The zero-order valence-electron chi connectivity index (χ0n) is 11.8. The SMILES string of the molecule is O=C(CSc1ncccn1)Nc1nc(-c2ccccc2Cl)cs1. The molecule has 0 saturated heterocycles. The summed E-state index contributed by atoms with van der Waals surface area (Å²) >= 11 is 8.79. The van der Waals surface area contributed by atoms with E-state index in [1.54, 1.807) is 18.5 Å². The van der Waals surface area contributed by atoms with Crippen LogP contribution in [0.4, 0.5) is 5.13 Å². The molecule has 116 valence electrons. The first kappa shape index (κ1) is 15.9. The molecule has 2 heterocycles. The monoisotopic (exact) mass is 362 g/mol. The highest BCUT2D eigenvalue weighted by molar-refractivity contribution is 7.99. The number of aromatic nitrogens is 3. The molecule has 3 aromatic rings. The molecule has 0 aliphatic carbocycles. The van der Waals surface area contributed by atoms with Gasteiger partial charge in [-0.3, -0.25) is 4.79 Å². The Morgan fingerprint density at radius 2 is 2.00 bits per heavy atom. The molecular formula is C15H11ClN4OS2. The van der Waals surface area contributed by atoms with Crippen molar-refractivity contribution in [1.29, 1.82) is 0 Å². The first-order valence-electron chi connectivity index (χ1n) is 6.62. The summed E-state index contributed by atoms with van der Waals surface area (Å²) in [6.07, 6.45) is 3.29. The lowest BCUT2D eigenvalue weighted by molar-refractivity contribution is -0.113. The first-order valence-corrected chi connectivity index (χ1v) is 8.87. The van der Waals surface area contributed by atoms with Crippen molar-refractivity contribution in [3.8, 4) is 11.3 Å². The van der Waals surface area contributed by atoms with Crippen LogP contribution in [0, 0.1) is 0 Å². The standard InChI is InChI=1S/C15H11ClN4OS2/c16-11-5-2-1-4-10(11)12-8-22-15(19-12)20-13(21)9-23-14-17-6-3-7-18-14/h1-8H,9H2,(H,19,20,21). The lowest BCUT2D eigenvalue weighted by Gasteiger charge is -2.01. The van der Waals surface area contributed by atoms with E-state index in [2.05, 4.69) is 20.3 Å². The van der Waals surface area contributed by atoms with Crippen molar-refractivity contribution in [2.75, 3.05) is 11.1 Å². The van der Waals surface area contributed by atoms with Crippen LogP contribution in [0.3, 0.4) is 0 Å². The molecule has 23 heavy (non-hydrogen) atoms. The van der Waals surface area contributed by atoms with Crippen molar-refractivity contribution < 1.29 is 4.79 Å². The largest absolute Gasteiger partial charge is 0.301 e. The quantitative estimate of drug-likeness (QED) is 0.549. The fraction of sp³-hybridized carbons (Fsp3) is 0.0667. The number of amides is 1. The highest BCUT2D eigenvalue weighted by atomic mass is 35.5. The number of thiazole rings is 1. The number of thioether (sulfide) groups is 1. The van der Waals surface area contributed by atoms with Crippen LogP contribution in [0.25, 0.3) is 11.3 Å². The van der Waals surface area contributed by atoms with Gasteiger partial charge in [0.05, 0.1) is 11.4 Å². The summed E-state index contributed by atoms with van der Waals surface area (Å²) in [6, 6.07) is 9.20. The van der Waals surface area contributed by atoms with Crippen molar-refractivity contribution >= 4 is 45.7 Å². The zero-order valence-corrected chi connectivity index (χ0v) is 14.2. The van der Waals surface area contributed by atoms with Crippen LogP contribution in [0.15, 0.2) is 53.3 Å². The number of carbonyl (C=O) groups is 1. The van der Waals surface area contributed by atoms with Crippen LogP contribution in [-0.4, -0.2) is 26.6 Å². The van der Waals surface area contributed by atoms with Gasteiger partial charge < -0.3 is 5.32 Å². The summed E-state index contributed by atoms with van der Waals surface area (Å²) in [7, 11) is 0. The average Bonchev–Trinajstić information content (AvgIpc) is 3.02. The Kier molecular flexibility index (Phi) is 5.22. The van der Waals surface area contributed by atoms with Gasteiger partial charge in [-0.2, -0.15) is 0 Å². The lowest BCUT2D eigenvalue weighted by Crippen LogP contribution is -2.14. The van der Waals surface area contributed by atoms with Gasteiger partial charge in [0.15, 0.2) is 10.3 Å². The number of carbonyl (C=O) groups excluding carboxylic acids is 1. The normalized spacial score (nSPS) is 10.5. The molecule has 8 heteroatoms. The number of halogens is 1. The van der Waals surface area contributed by atoms with Gasteiger partial charge in [0, 0.05) is 28.4 Å². The highest BCUT2D eigenvalue weighted by Gasteiger charge is 2.10. The third-order valence-corrected chi connectivity index (χ3v) is 4.74. The number of nitrogens with zero attached hydrogens (tertiary/aromatic N) is 3. The van der Waals surface area contributed by atoms with E-state index in [0.29, 0.717) is 15.3 Å². The summed E-state index contributed by atoms with van der Waals surface area (Å²) < 4.78 is 0. The third-order valence-electron chi connectivity index (χ3n) is 2.77. The summed E-state index contributed by atoms with van der Waals surface area (Å²) in [4.78, 5) is 24.5. The Morgan fingerprint density at radius 3 is 2.78 bits per heavy atom. The Labute approximate surface area is 146 Å². The van der Waals surface area contributed by atoms with Gasteiger partial charge in [0.2, 0.25) is 5.91 Å². The van der Waals surface area contributed by atoms with Gasteiger partial charge in [-0.15, -0.1) is 11.3 Å². The number of hydrogen-bond donors (Lipinski definition) is 1. The van der Waals surface area contributed by atoms with Crippen LogP contribution >= 0.6 is 34.7 Å². The molecule has 0 atom stereocenters. The molecule has 0 unspecified atom stereocenters. The van der Waals surface area contributed by atoms with E-state index in [1.807, 2.05) is 29.6 Å². The van der Waals surface area contributed by atoms with E-state index in [0.717, 1.165) is 11.3 Å². The number of anilines is 1. The van der Waals surface area contributed by atoms with Crippen molar-refractivity contribution in [3.05, 3.63) is 53.1 Å². The smallest absolute Gasteiger partial charge is 0.236 e. The fourth-order valence-corrected chi connectivity index (χ4v) is 3.33. The second kappa shape index (κ2) is 7.54. The minimum atomic E-state index is -0.150. The Hall–Kier alpha value is -1.96. The molecule has 1 aromatic carbocycles. The van der Waals surface area contributed by atoms with E-state index < -0.39 is 0 Å². The van der Waals surface area contributed by atoms with E-state index in [4.69, 9.17) is 11.6 Å². The fourth-order valence-electron chi connectivity index (χ4n) is 1.77. The summed E-state index contributed by atoms with van der Waals surface area (Å²) in [5, 5.41) is 6.38. The molecule has 5 nitrogen and oxygen atoms in total. The molecular weight excluding hydrogens is 352 g/mol. The minimum Gasteiger partial charge on any atom is -0.301 e. The molecule has 0 aliphatic heterocycles. The molecule has 0 aliphatic rings. The van der Waals surface area contributed by atoms with Gasteiger partial charge >= 0.3 is 0 Å². The molecule has 0 spiro atoms. The van der Waals surface area contributed by atoms with Crippen molar-refractivity contribution in [3.63, 3.8) is 0 Å². The third kappa shape index (κ3) is 4.28. The molecule has 0 saturated carbocycles. The van der Waals surface area contributed by atoms with E-state index in [-0.39, 0.29) is 11.7 Å². The summed E-state index contributed by atoms with van der Waals surface area (Å²) in [6.45, 7) is 0. The van der Waals surface area contributed by atoms with Crippen LogP contribution in [-0.2, 0) is 4.79 Å². The van der Waals surface area contributed by atoms with E-state index >= 15 is 0 Å². The maximum absolute atomic E-state index is 12.0. The maximum Gasteiger partial charge on any atom is 0.236 e. The van der Waals surface area contributed by atoms with E-state index in [9.17, 15) is 4.79 Å². The summed E-state index contributed by atoms with van der Waals surface area (Å²) in [5.74, 6) is 0.0768. The average molecular weight is 363 g/mol. The van der Waals surface area contributed by atoms with Gasteiger partial charge in [-0.05, 0) is 12.1 Å². The molecule has 0 bridgehead atoms. The lowest BCUT2D eigenvalue weighted by atomic mass is 10.2. The zero-order chi connectivity index (χ0) is 16.1. The van der Waals surface area contributed by atoms with Crippen LogP contribution < -0.4 is 5.32 Å². The van der Waals surface area contributed by atoms with Crippen molar-refractivity contribution in [2.45, 2.75) is 5.16 Å². The molecule has 1 N–H and O–H groups in total. The first-order chi connectivity index (χ1) is 11.2. The summed E-state index contributed by atoms with van der Waals surface area (Å²) in [5.41, 5.74) is 1.59. The number of hydrogen-bond acceptors (Lipinski definition) is 6. The molecule has 1 amide bonds. The van der Waals surface area contributed by atoms with Crippen LogP contribution in [0.5, 0.6) is 0 Å². The number of benzene rings is 1. The van der Waals surface area contributed by atoms with Gasteiger partial charge in [0.1, 0.15) is 0 Å². The predicted molar refractivity (Wildman–Crippen MR) is 93.9 cm³/mol. The molecule has 0 fully saturated rings. The Morgan fingerprint density at radius 1 is 1.22 bits per heavy atom. The predicted octanol–water partition coefficient (Wildman–Crippen LogP) is 3.98. The molecule has 2 aromatic heterocycles. The van der Waals surface area contributed by atoms with Crippen LogP contribution in [0.1, 0.15) is 0 Å². The Bertz CT molecular complexity index is 810.